The Kier molecular flexibility index (Phi) is 7.35. The second-order valence-electron chi connectivity index (χ2n) is 6.06. The number of methoxy groups -OCH3 is 1. The zero-order chi connectivity index (χ0) is 18.4. The number of piperidine rings is 1. The Hall–Kier alpha value is -1.50. The number of benzene rings is 1. The Balaban J connectivity index is 2.02. The second-order valence-corrected chi connectivity index (χ2v) is 6.87. The van der Waals surface area contributed by atoms with Gasteiger partial charge in [-0.05, 0) is 37.0 Å². The lowest BCUT2D eigenvalue weighted by Gasteiger charge is -2.32. The zero-order valence-corrected chi connectivity index (χ0v) is 15.5. The van der Waals surface area contributed by atoms with Gasteiger partial charge in [-0.25, -0.2) is 4.79 Å². The van der Waals surface area contributed by atoms with E-state index in [1.165, 1.54) is 0 Å². The number of carbonyl (C=O) groups excluding carboxylic acids is 1. The summed E-state index contributed by atoms with van der Waals surface area (Å²) in [6.45, 7) is 1.34. The van der Waals surface area contributed by atoms with Crippen LogP contribution in [0.1, 0.15) is 30.9 Å². The van der Waals surface area contributed by atoms with Crippen molar-refractivity contribution in [2.45, 2.75) is 25.3 Å². The molecule has 1 fully saturated rings. The number of urea groups is 1. The lowest BCUT2D eigenvalue weighted by Crippen LogP contribution is -2.46. The van der Waals surface area contributed by atoms with Crippen LogP contribution in [0.15, 0.2) is 18.2 Å². The standard InChI is InChI=1S/C17H22Cl2N2O4/c1-25-9-6-15(12-2-3-13(18)14(19)10-12)20-17(24)21-7-4-11(5-8-21)16(22)23/h2-3,10-11,15H,4-9H2,1H3,(H,20,24)(H,22,23). The molecule has 1 aliphatic rings. The topological polar surface area (TPSA) is 78.9 Å². The number of hydrogen-bond acceptors (Lipinski definition) is 3. The van der Waals surface area contributed by atoms with Gasteiger partial charge < -0.3 is 20.1 Å². The van der Waals surface area contributed by atoms with E-state index in [4.69, 9.17) is 33.0 Å². The molecule has 0 saturated carbocycles. The summed E-state index contributed by atoms with van der Waals surface area (Å²) in [5.41, 5.74) is 0.847. The van der Waals surface area contributed by atoms with Crippen LogP contribution in [0, 0.1) is 5.92 Å². The maximum absolute atomic E-state index is 12.5. The van der Waals surface area contributed by atoms with Crippen LogP contribution in [0.4, 0.5) is 4.79 Å². The third kappa shape index (κ3) is 5.49. The fourth-order valence-corrected chi connectivity index (χ4v) is 3.16. The van der Waals surface area contributed by atoms with Crippen molar-refractivity contribution in [2.75, 3.05) is 26.8 Å². The normalized spacial score (nSPS) is 16.5. The van der Waals surface area contributed by atoms with Crippen molar-refractivity contribution in [1.29, 1.82) is 0 Å². The Bertz CT molecular complexity index is 619. The summed E-state index contributed by atoms with van der Waals surface area (Å²) in [7, 11) is 1.60. The lowest BCUT2D eigenvalue weighted by atomic mass is 9.97. The predicted octanol–water partition coefficient (Wildman–Crippen LogP) is 3.58. The fourth-order valence-electron chi connectivity index (χ4n) is 2.86. The summed E-state index contributed by atoms with van der Waals surface area (Å²) in [5.74, 6) is -1.17. The van der Waals surface area contributed by atoms with E-state index < -0.39 is 5.97 Å². The average Bonchev–Trinajstić information content (AvgIpc) is 2.61. The molecule has 25 heavy (non-hydrogen) atoms. The molecular weight excluding hydrogens is 367 g/mol. The Morgan fingerprint density at radius 3 is 2.56 bits per heavy atom. The highest BCUT2D eigenvalue weighted by atomic mass is 35.5. The zero-order valence-electron chi connectivity index (χ0n) is 14.0. The number of rotatable bonds is 6. The number of amides is 2. The number of carbonyl (C=O) groups is 2. The molecule has 2 rings (SSSR count). The first-order valence-electron chi connectivity index (χ1n) is 8.14. The third-order valence-corrected chi connectivity index (χ3v) is 5.12. The van der Waals surface area contributed by atoms with Crippen LogP contribution in [-0.4, -0.2) is 48.8 Å². The molecule has 0 radical (unpaired) electrons. The molecule has 138 valence electrons. The van der Waals surface area contributed by atoms with E-state index in [1.54, 1.807) is 24.1 Å². The number of halogens is 2. The Morgan fingerprint density at radius 1 is 1.32 bits per heavy atom. The van der Waals surface area contributed by atoms with E-state index in [2.05, 4.69) is 5.32 Å². The number of aliphatic carboxylic acids is 1. The van der Waals surface area contributed by atoms with Crippen molar-refractivity contribution in [2.24, 2.45) is 5.92 Å². The first kappa shape index (κ1) is 19.8. The van der Waals surface area contributed by atoms with Crippen LogP contribution < -0.4 is 5.32 Å². The van der Waals surface area contributed by atoms with E-state index >= 15 is 0 Å². The van der Waals surface area contributed by atoms with Gasteiger partial charge in [0.2, 0.25) is 0 Å². The summed E-state index contributed by atoms with van der Waals surface area (Å²) in [4.78, 5) is 25.2. The van der Waals surface area contributed by atoms with Gasteiger partial charge in [-0.15, -0.1) is 0 Å². The number of nitrogens with one attached hydrogen (secondary N) is 1. The van der Waals surface area contributed by atoms with Crippen molar-refractivity contribution in [3.05, 3.63) is 33.8 Å². The van der Waals surface area contributed by atoms with Crippen LogP contribution >= 0.6 is 23.2 Å². The summed E-state index contributed by atoms with van der Waals surface area (Å²) >= 11 is 12.0. The molecule has 1 aliphatic heterocycles. The highest BCUT2D eigenvalue weighted by Gasteiger charge is 2.28. The maximum atomic E-state index is 12.5. The van der Waals surface area contributed by atoms with Gasteiger partial charge in [0, 0.05) is 26.8 Å². The number of carboxylic acids is 1. The van der Waals surface area contributed by atoms with Gasteiger partial charge in [-0.2, -0.15) is 0 Å². The molecular formula is C17H22Cl2N2O4. The number of hydrogen-bond donors (Lipinski definition) is 2. The summed E-state index contributed by atoms with van der Waals surface area (Å²) in [5, 5.41) is 12.9. The number of ether oxygens (including phenoxy) is 1. The molecule has 1 aromatic carbocycles. The smallest absolute Gasteiger partial charge is 0.317 e. The quantitative estimate of drug-likeness (QED) is 0.780. The largest absolute Gasteiger partial charge is 0.481 e. The molecule has 0 aliphatic carbocycles. The minimum absolute atomic E-state index is 0.212. The molecule has 0 bridgehead atoms. The molecule has 8 heteroatoms. The highest BCUT2D eigenvalue weighted by molar-refractivity contribution is 6.42. The summed E-state index contributed by atoms with van der Waals surface area (Å²) in [6, 6.07) is 4.78. The predicted molar refractivity (Wildman–Crippen MR) is 96.2 cm³/mol. The van der Waals surface area contributed by atoms with Crippen LogP contribution in [0.25, 0.3) is 0 Å². The molecule has 0 spiro atoms. The number of carboxylic acid groups (broad SMARTS) is 1. The minimum atomic E-state index is -0.797. The minimum Gasteiger partial charge on any atom is -0.481 e. The molecule has 1 aromatic rings. The van der Waals surface area contributed by atoms with Gasteiger partial charge in [0.25, 0.3) is 0 Å². The van der Waals surface area contributed by atoms with Crippen LogP contribution in [-0.2, 0) is 9.53 Å². The van der Waals surface area contributed by atoms with Crippen molar-refractivity contribution < 1.29 is 19.4 Å². The van der Waals surface area contributed by atoms with Gasteiger partial charge in [0.15, 0.2) is 0 Å². The van der Waals surface area contributed by atoms with Gasteiger partial charge >= 0.3 is 12.0 Å². The summed E-state index contributed by atoms with van der Waals surface area (Å²) < 4.78 is 5.13. The van der Waals surface area contributed by atoms with Crippen LogP contribution in [0.3, 0.4) is 0 Å². The molecule has 6 nitrogen and oxygen atoms in total. The van der Waals surface area contributed by atoms with Crippen molar-refractivity contribution in [3.8, 4) is 0 Å². The third-order valence-electron chi connectivity index (χ3n) is 4.39. The second kappa shape index (κ2) is 9.27. The van der Waals surface area contributed by atoms with E-state index in [9.17, 15) is 9.59 Å². The fraction of sp³-hybridized carbons (Fsp3) is 0.529. The monoisotopic (exact) mass is 388 g/mol. The maximum Gasteiger partial charge on any atom is 0.317 e. The van der Waals surface area contributed by atoms with Crippen molar-refractivity contribution in [1.82, 2.24) is 10.2 Å². The van der Waals surface area contributed by atoms with Crippen LogP contribution in [0.2, 0.25) is 10.0 Å². The van der Waals surface area contributed by atoms with E-state index in [0.717, 1.165) is 5.56 Å². The highest BCUT2D eigenvalue weighted by Crippen LogP contribution is 2.27. The first-order valence-corrected chi connectivity index (χ1v) is 8.90. The number of nitrogens with zero attached hydrogens (tertiary/aromatic N) is 1. The molecule has 2 N–H and O–H groups in total. The van der Waals surface area contributed by atoms with Gasteiger partial charge in [0.05, 0.1) is 22.0 Å². The number of likely N-dealkylation sites (tertiary alicyclic amines) is 1. The molecule has 2 amide bonds. The van der Waals surface area contributed by atoms with E-state index in [-0.39, 0.29) is 18.0 Å². The molecule has 1 atom stereocenters. The Labute approximate surface area is 157 Å². The lowest BCUT2D eigenvalue weighted by molar-refractivity contribution is -0.143. The van der Waals surface area contributed by atoms with Crippen LogP contribution in [0.5, 0.6) is 0 Å². The first-order chi connectivity index (χ1) is 11.9. The average molecular weight is 389 g/mol. The molecule has 1 unspecified atom stereocenters. The van der Waals surface area contributed by atoms with Crippen molar-refractivity contribution >= 4 is 35.2 Å². The summed E-state index contributed by atoms with van der Waals surface area (Å²) in [6.07, 6.45) is 1.53. The van der Waals surface area contributed by atoms with Gasteiger partial charge in [0.1, 0.15) is 0 Å². The molecule has 1 heterocycles. The van der Waals surface area contributed by atoms with E-state index in [0.29, 0.717) is 49.0 Å². The SMILES string of the molecule is COCCC(NC(=O)N1CCC(C(=O)O)CC1)c1ccc(Cl)c(Cl)c1. The molecule has 1 saturated heterocycles. The van der Waals surface area contributed by atoms with Crippen molar-refractivity contribution in [3.63, 3.8) is 0 Å². The van der Waals surface area contributed by atoms with E-state index in [1.807, 2.05) is 6.07 Å². The van der Waals surface area contributed by atoms with Gasteiger partial charge in [-0.1, -0.05) is 29.3 Å². The van der Waals surface area contributed by atoms with Gasteiger partial charge in [-0.3, -0.25) is 4.79 Å². The molecule has 0 aromatic heterocycles. The Morgan fingerprint density at radius 2 is 2.00 bits per heavy atom.